The summed E-state index contributed by atoms with van der Waals surface area (Å²) in [7, 11) is 0. The van der Waals surface area contributed by atoms with Gasteiger partial charge >= 0.3 is 35.8 Å². The van der Waals surface area contributed by atoms with Crippen molar-refractivity contribution in [3.8, 4) is 0 Å². The highest BCUT2D eigenvalue weighted by Crippen LogP contribution is 2.63. The van der Waals surface area contributed by atoms with Crippen LogP contribution in [0, 0.1) is 17.3 Å². The zero-order valence-electron chi connectivity index (χ0n) is 25.9. The number of fused-ring (bicyclic) bond motifs is 3. The lowest BCUT2D eigenvalue weighted by Gasteiger charge is -2.59. The van der Waals surface area contributed by atoms with Gasteiger partial charge in [0, 0.05) is 40.5 Å². The Morgan fingerprint density at radius 3 is 1.87 bits per heavy atom. The third kappa shape index (κ3) is 5.72. The van der Waals surface area contributed by atoms with Gasteiger partial charge in [-0.15, -0.1) is 11.6 Å². The van der Waals surface area contributed by atoms with Crippen LogP contribution in [0.25, 0.3) is 0 Å². The van der Waals surface area contributed by atoms with E-state index in [4.69, 9.17) is 44.8 Å². The first kappa shape index (κ1) is 34.4. The van der Waals surface area contributed by atoms with E-state index >= 15 is 0 Å². The quantitative estimate of drug-likeness (QED) is 0.191. The minimum Gasteiger partial charge on any atom is -0.459 e. The molecule has 45 heavy (non-hydrogen) atoms. The van der Waals surface area contributed by atoms with Crippen LogP contribution in [0.4, 0.5) is 0 Å². The van der Waals surface area contributed by atoms with Crippen molar-refractivity contribution in [3.63, 3.8) is 0 Å². The van der Waals surface area contributed by atoms with Crippen LogP contribution in [-0.2, 0) is 61.9 Å². The van der Waals surface area contributed by atoms with E-state index in [1.807, 2.05) is 0 Å². The molecule has 0 aromatic carbocycles. The molecule has 1 saturated carbocycles. The number of esters is 6. The Bertz CT molecular complexity index is 1340. The van der Waals surface area contributed by atoms with Gasteiger partial charge in [0.2, 0.25) is 0 Å². The minimum absolute atomic E-state index is 0.120. The van der Waals surface area contributed by atoms with Gasteiger partial charge in [-0.25, -0.2) is 0 Å². The second-order valence-corrected chi connectivity index (χ2v) is 12.6. The number of carbonyl (C=O) groups excluding carboxylic acids is 6. The Balaban J connectivity index is 2.17. The standard InChI is InChI=1S/C30H37ClO14/c1-12-9-10-19(40-14(3)32)28(8)22(26(44-18(7)36)30(38)13(2)27(37)45-23(30)20(12)31)29(11-39-29)25(43-17(6)35)21(41-15(4)33)24(28)42-16(5)34/h9-10,13,19-26,38H,1,11H2,2-8H3/b10-9-/t13-,19+,20-,21+,22+,23-,24-,25+,26+,28+,29-,30-/m0/s1. The molecule has 1 spiro atoms. The molecular formula is C30H37ClO14. The SMILES string of the molecule is C=C1/C=C\[C@@H](OC(C)=O)[C@@]2(C)[C@@H](OC(C)=O)[C@@H](OC(C)=O)[C@@H](OC(C)=O)[C@]3(CO3)[C@@H]2[C@@H](OC(C)=O)[C@]2(O)[C@@H](C)C(=O)O[C@H]2[C@H]1Cl. The maximum Gasteiger partial charge on any atom is 0.312 e. The van der Waals surface area contributed by atoms with Crippen molar-refractivity contribution in [2.75, 3.05) is 6.61 Å². The first-order chi connectivity index (χ1) is 20.8. The number of hydrogen-bond donors (Lipinski definition) is 1. The molecule has 0 unspecified atom stereocenters. The summed E-state index contributed by atoms with van der Waals surface area (Å²) >= 11 is 6.75. The fourth-order valence-corrected chi connectivity index (χ4v) is 7.50. The van der Waals surface area contributed by atoms with Gasteiger partial charge in [0.25, 0.3) is 0 Å². The van der Waals surface area contributed by atoms with Crippen molar-refractivity contribution in [1.29, 1.82) is 0 Å². The lowest BCUT2D eigenvalue weighted by Crippen LogP contribution is -2.76. The average molecular weight is 657 g/mol. The highest BCUT2D eigenvalue weighted by molar-refractivity contribution is 6.23. The summed E-state index contributed by atoms with van der Waals surface area (Å²) < 4.78 is 40.5. The zero-order chi connectivity index (χ0) is 33.8. The monoisotopic (exact) mass is 656 g/mol. The summed E-state index contributed by atoms with van der Waals surface area (Å²) in [6.07, 6.45) is -6.63. The van der Waals surface area contributed by atoms with Gasteiger partial charge < -0.3 is 38.3 Å². The Hall–Kier alpha value is -3.49. The first-order valence-electron chi connectivity index (χ1n) is 14.3. The maximum atomic E-state index is 13.1. The Morgan fingerprint density at radius 2 is 1.38 bits per heavy atom. The van der Waals surface area contributed by atoms with Crippen molar-refractivity contribution >= 4 is 47.4 Å². The molecule has 1 N–H and O–H groups in total. The van der Waals surface area contributed by atoms with E-state index in [1.165, 1.54) is 26.0 Å². The van der Waals surface area contributed by atoms with Crippen molar-refractivity contribution < 1.29 is 67.0 Å². The Labute approximate surface area is 264 Å². The molecule has 2 saturated heterocycles. The molecule has 12 atom stereocenters. The van der Waals surface area contributed by atoms with E-state index < -0.39 is 106 Å². The molecule has 0 amide bonds. The summed E-state index contributed by atoms with van der Waals surface area (Å²) in [6, 6.07) is 0. The van der Waals surface area contributed by atoms with Gasteiger partial charge in [0.15, 0.2) is 30.0 Å². The van der Waals surface area contributed by atoms with E-state index in [0.717, 1.165) is 34.6 Å². The van der Waals surface area contributed by atoms with Crippen molar-refractivity contribution in [1.82, 2.24) is 0 Å². The minimum atomic E-state index is -2.41. The number of rotatable bonds is 5. The van der Waals surface area contributed by atoms with Gasteiger partial charge in [-0.05, 0) is 18.6 Å². The number of alkyl halides is 1. The topological polar surface area (TPSA) is 191 Å². The van der Waals surface area contributed by atoms with Crippen LogP contribution in [0.1, 0.15) is 48.5 Å². The summed E-state index contributed by atoms with van der Waals surface area (Å²) in [5.41, 5.74) is -5.85. The highest BCUT2D eigenvalue weighted by Gasteiger charge is 2.81. The van der Waals surface area contributed by atoms with Crippen LogP contribution in [0.5, 0.6) is 0 Å². The number of halogens is 1. The molecule has 0 aromatic heterocycles. The number of hydrogen-bond acceptors (Lipinski definition) is 14. The second-order valence-electron chi connectivity index (χ2n) is 12.1. The summed E-state index contributed by atoms with van der Waals surface area (Å²) in [5, 5.41) is 11.4. The van der Waals surface area contributed by atoms with Gasteiger partial charge in [-0.1, -0.05) is 19.6 Å². The van der Waals surface area contributed by atoms with E-state index in [1.54, 1.807) is 0 Å². The number of epoxide rings is 1. The first-order valence-corrected chi connectivity index (χ1v) is 14.7. The van der Waals surface area contributed by atoms with Crippen LogP contribution in [0.2, 0.25) is 0 Å². The number of ether oxygens (including phenoxy) is 7. The smallest absolute Gasteiger partial charge is 0.312 e. The van der Waals surface area contributed by atoms with Gasteiger partial charge in [-0.3, -0.25) is 28.8 Å². The fourth-order valence-electron chi connectivity index (χ4n) is 7.17. The largest absolute Gasteiger partial charge is 0.459 e. The van der Waals surface area contributed by atoms with E-state index in [0.29, 0.717) is 0 Å². The van der Waals surface area contributed by atoms with Gasteiger partial charge in [0.1, 0.15) is 17.8 Å². The molecule has 0 bridgehead atoms. The third-order valence-corrected chi connectivity index (χ3v) is 9.57. The Morgan fingerprint density at radius 1 is 0.889 bits per heavy atom. The lowest BCUT2D eigenvalue weighted by molar-refractivity contribution is -0.280. The van der Waals surface area contributed by atoms with Crippen molar-refractivity contribution in [2.45, 2.75) is 102 Å². The molecule has 2 aliphatic carbocycles. The highest BCUT2D eigenvalue weighted by atomic mass is 35.5. The molecule has 15 heteroatoms. The van der Waals surface area contributed by atoms with E-state index in [-0.39, 0.29) is 12.2 Å². The van der Waals surface area contributed by atoms with Crippen LogP contribution >= 0.6 is 11.6 Å². The third-order valence-electron chi connectivity index (χ3n) is 9.06. The van der Waals surface area contributed by atoms with E-state index in [2.05, 4.69) is 6.58 Å². The predicted molar refractivity (Wildman–Crippen MR) is 150 cm³/mol. The van der Waals surface area contributed by atoms with Crippen molar-refractivity contribution in [3.05, 3.63) is 24.3 Å². The Kier molecular flexibility index (Phi) is 9.19. The number of allylic oxidation sites excluding steroid dienone is 1. The molecule has 4 aliphatic rings. The maximum absolute atomic E-state index is 13.1. The summed E-state index contributed by atoms with van der Waals surface area (Å²) in [5.74, 6) is -7.91. The molecule has 0 aromatic rings. The molecule has 248 valence electrons. The van der Waals surface area contributed by atoms with Crippen LogP contribution < -0.4 is 0 Å². The second kappa shape index (κ2) is 12.0. The fraction of sp³-hybridized carbons (Fsp3) is 0.667. The summed E-state index contributed by atoms with van der Waals surface area (Å²) in [4.78, 5) is 76.3. The van der Waals surface area contributed by atoms with Crippen molar-refractivity contribution in [2.24, 2.45) is 17.3 Å². The normalized spacial score (nSPS) is 42.6. The number of aliphatic hydroxyl groups is 1. The van der Waals surface area contributed by atoms with Crippen LogP contribution in [-0.4, -0.2) is 101 Å². The van der Waals surface area contributed by atoms with Crippen LogP contribution in [0.15, 0.2) is 24.3 Å². The molecule has 0 radical (unpaired) electrons. The molecular weight excluding hydrogens is 620 g/mol. The molecule has 3 fully saturated rings. The molecule has 14 nitrogen and oxygen atoms in total. The van der Waals surface area contributed by atoms with Crippen LogP contribution in [0.3, 0.4) is 0 Å². The lowest BCUT2D eigenvalue weighted by atomic mass is 9.51. The van der Waals surface area contributed by atoms with Gasteiger partial charge in [0.05, 0.1) is 23.3 Å². The number of carbonyl (C=O) groups is 6. The average Bonchev–Trinajstić information content (AvgIpc) is 3.67. The molecule has 4 rings (SSSR count). The summed E-state index contributed by atoms with van der Waals surface area (Å²) in [6.45, 7) is 12.0. The van der Waals surface area contributed by atoms with Gasteiger partial charge in [-0.2, -0.15) is 0 Å². The molecule has 2 aliphatic heterocycles. The molecule has 2 heterocycles. The van der Waals surface area contributed by atoms with E-state index in [9.17, 15) is 33.9 Å². The zero-order valence-corrected chi connectivity index (χ0v) is 26.7. The predicted octanol–water partition coefficient (Wildman–Crippen LogP) is 1.08.